The molecule has 0 saturated carbocycles. The molecular weight excluding hydrogens is 218 g/mol. The summed E-state index contributed by atoms with van der Waals surface area (Å²) < 4.78 is 4.94. The number of rotatable bonds is 0. The van der Waals surface area contributed by atoms with E-state index in [1.807, 2.05) is 0 Å². The number of hydrogen-bond donors (Lipinski definition) is 0. The van der Waals surface area contributed by atoms with E-state index in [1.165, 1.54) is 12.8 Å². The Morgan fingerprint density at radius 1 is 0.778 bits per heavy atom. The van der Waals surface area contributed by atoms with E-state index in [0.29, 0.717) is 0 Å². The second-order valence-corrected chi connectivity index (χ2v) is 1.32. The maximum atomic E-state index is 4.94. The topological polar surface area (TPSA) is 9.23 Å². The minimum Gasteiger partial charge on any atom is -1.00 e. The van der Waals surface area contributed by atoms with Crippen molar-refractivity contribution >= 4 is 0 Å². The van der Waals surface area contributed by atoms with Gasteiger partial charge < -0.3 is 42.0 Å². The van der Waals surface area contributed by atoms with Crippen LogP contribution in [0.2, 0.25) is 0 Å². The standard InChI is InChI=1S/C4H8O.3ClH.Ti/c1-2-4-5-3-1;;;;/h1-4H2;3*1H;/q;;;;+3/p-3. The van der Waals surface area contributed by atoms with E-state index in [9.17, 15) is 0 Å². The summed E-state index contributed by atoms with van der Waals surface area (Å²) in [5.41, 5.74) is 0. The maximum Gasteiger partial charge on any atom is 3.00 e. The zero-order valence-electron chi connectivity index (χ0n) is 4.87. The molecule has 1 heterocycles. The van der Waals surface area contributed by atoms with Crippen LogP contribution in [-0.2, 0) is 26.5 Å². The van der Waals surface area contributed by atoms with Gasteiger partial charge in [0.25, 0.3) is 0 Å². The van der Waals surface area contributed by atoms with Gasteiger partial charge >= 0.3 is 21.7 Å². The van der Waals surface area contributed by atoms with Gasteiger partial charge in [-0.25, -0.2) is 0 Å². The summed E-state index contributed by atoms with van der Waals surface area (Å²) in [4.78, 5) is 0. The molecule has 0 unspecified atom stereocenters. The summed E-state index contributed by atoms with van der Waals surface area (Å²) in [7, 11) is 0. The molecule has 0 aromatic carbocycles. The first-order valence-corrected chi connectivity index (χ1v) is 2.08. The van der Waals surface area contributed by atoms with E-state index in [2.05, 4.69) is 0 Å². The third-order valence-corrected chi connectivity index (χ3v) is 0.827. The van der Waals surface area contributed by atoms with Crippen molar-refractivity contribution in [3.05, 3.63) is 0 Å². The minimum atomic E-state index is 0. The van der Waals surface area contributed by atoms with Crippen LogP contribution in [0.3, 0.4) is 0 Å². The molecule has 1 saturated heterocycles. The largest absolute Gasteiger partial charge is 3.00 e. The van der Waals surface area contributed by atoms with Gasteiger partial charge in [0.2, 0.25) is 0 Å². The molecular formula is C4H8Cl3OTi. The monoisotopic (exact) mass is 225 g/mol. The van der Waals surface area contributed by atoms with Crippen LogP contribution in [0.1, 0.15) is 12.8 Å². The summed E-state index contributed by atoms with van der Waals surface area (Å²) in [6.45, 7) is 2.00. The molecule has 1 aliphatic heterocycles. The van der Waals surface area contributed by atoms with Crippen molar-refractivity contribution in [3.8, 4) is 0 Å². The molecule has 0 atom stereocenters. The molecule has 0 N–H and O–H groups in total. The summed E-state index contributed by atoms with van der Waals surface area (Å²) in [6, 6.07) is 0. The second kappa shape index (κ2) is 16.3. The SMILES string of the molecule is C1CCOC1.[Cl-].[Cl-].[Cl-].[Ti+3]. The minimum absolute atomic E-state index is 0. The Morgan fingerprint density at radius 2 is 1.11 bits per heavy atom. The third kappa shape index (κ3) is 12.7. The first-order valence-electron chi connectivity index (χ1n) is 2.08. The fourth-order valence-corrected chi connectivity index (χ4v) is 0.510. The smallest absolute Gasteiger partial charge is 1.00 e. The Balaban J connectivity index is -0.0000000312. The quantitative estimate of drug-likeness (QED) is 0.373. The molecule has 0 aromatic heterocycles. The average Bonchev–Trinajstić information content (AvgIpc) is 1.76. The summed E-state index contributed by atoms with van der Waals surface area (Å²) in [5, 5.41) is 0. The van der Waals surface area contributed by atoms with Crippen molar-refractivity contribution in [2.24, 2.45) is 0 Å². The molecule has 55 valence electrons. The van der Waals surface area contributed by atoms with Gasteiger partial charge in [-0.1, -0.05) is 0 Å². The van der Waals surface area contributed by atoms with Gasteiger partial charge in [0.15, 0.2) is 0 Å². The van der Waals surface area contributed by atoms with Gasteiger partial charge in [-0.15, -0.1) is 0 Å². The van der Waals surface area contributed by atoms with Crippen LogP contribution in [0.15, 0.2) is 0 Å². The van der Waals surface area contributed by atoms with E-state index in [0.717, 1.165) is 13.2 Å². The molecule has 1 aliphatic rings. The molecule has 1 fully saturated rings. The van der Waals surface area contributed by atoms with Gasteiger partial charge in [-0.2, -0.15) is 0 Å². The van der Waals surface area contributed by atoms with Crippen molar-refractivity contribution in [2.75, 3.05) is 13.2 Å². The maximum absolute atomic E-state index is 4.94. The number of ether oxygens (including phenoxy) is 1. The van der Waals surface area contributed by atoms with Gasteiger partial charge in [0, 0.05) is 13.2 Å². The zero-order valence-corrected chi connectivity index (χ0v) is 8.70. The Labute approximate surface area is 89.4 Å². The normalized spacial score (nSPS) is 13.3. The molecule has 0 bridgehead atoms. The van der Waals surface area contributed by atoms with Crippen LogP contribution in [0.25, 0.3) is 0 Å². The fraction of sp³-hybridized carbons (Fsp3) is 1.00. The summed E-state index contributed by atoms with van der Waals surface area (Å²) in [5.74, 6) is 0. The summed E-state index contributed by atoms with van der Waals surface area (Å²) >= 11 is 0. The summed E-state index contributed by atoms with van der Waals surface area (Å²) in [6.07, 6.45) is 2.56. The van der Waals surface area contributed by atoms with Gasteiger partial charge in [0.1, 0.15) is 0 Å². The Kier molecular flexibility index (Phi) is 40.5. The first kappa shape index (κ1) is 22.4. The van der Waals surface area contributed by atoms with Crippen molar-refractivity contribution in [1.29, 1.82) is 0 Å². The van der Waals surface area contributed by atoms with Gasteiger partial charge in [0.05, 0.1) is 0 Å². The fourth-order valence-electron chi connectivity index (χ4n) is 0.510. The number of hydrogen-bond acceptors (Lipinski definition) is 1. The second-order valence-electron chi connectivity index (χ2n) is 1.32. The van der Waals surface area contributed by atoms with Crippen LogP contribution in [-0.4, -0.2) is 13.2 Å². The van der Waals surface area contributed by atoms with E-state index in [1.54, 1.807) is 0 Å². The van der Waals surface area contributed by atoms with Crippen molar-refractivity contribution in [1.82, 2.24) is 0 Å². The molecule has 0 amide bonds. The predicted octanol–water partition coefficient (Wildman–Crippen LogP) is -8.19. The van der Waals surface area contributed by atoms with Crippen LogP contribution in [0.4, 0.5) is 0 Å². The number of halogens is 3. The van der Waals surface area contributed by atoms with E-state index in [4.69, 9.17) is 4.74 Å². The first-order chi connectivity index (χ1) is 2.50. The Morgan fingerprint density at radius 3 is 1.22 bits per heavy atom. The third-order valence-electron chi connectivity index (χ3n) is 0.827. The van der Waals surface area contributed by atoms with Gasteiger partial charge in [-0.05, 0) is 12.8 Å². The van der Waals surface area contributed by atoms with Gasteiger partial charge in [-0.3, -0.25) is 0 Å². The molecule has 0 spiro atoms. The van der Waals surface area contributed by atoms with E-state index < -0.39 is 0 Å². The van der Waals surface area contributed by atoms with E-state index in [-0.39, 0.29) is 58.9 Å². The molecule has 1 nitrogen and oxygen atoms in total. The molecule has 0 aromatic rings. The van der Waals surface area contributed by atoms with Crippen LogP contribution in [0, 0.1) is 0 Å². The zero-order chi connectivity index (χ0) is 3.54. The molecule has 1 rings (SSSR count). The van der Waals surface area contributed by atoms with Crippen LogP contribution in [0.5, 0.6) is 0 Å². The molecule has 5 heteroatoms. The van der Waals surface area contributed by atoms with Crippen LogP contribution < -0.4 is 37.2 Å². The van der Waals surface area contributed by atoms with Crippen molar-refractivity contribution < 1.29 is 63.7 Å². The molecule has 0 aliphatic carbocycles. The van der Waals surface area contributed by atoms with Crippen LogP contribution >= 0.6 is 0 Å². The molecule has 1 radical (unpaired) electrons. The predicted molar refractivity (Wildman–Crippen MR) is 20.1 cm³/mol. The van der Waals surface area contributed by atoms with Crippen molar-refractivity contribution in [3.63, 3.8) is 0 Å². The average molecular weight is 226 g/mol. The Bertz CT molecular complexity index is 27.4. The van der Waals surface area contributed by atoms with Crippen molar-refractivity contribution in [2.45, 2.75) is 12.8 Å². The Hall–Kier alpha value is 1.54. The van der Waals surface area contributed by atoms with E-state index >= 15 is 0 Å². The molecule has 9 heavy (non-hydrogen) atoms.